The van der Waals surface area contributed by atoms with E-state index in [0.717, 1.165) is 50.1 Å². The summed E-state index contributed by atoms with van der Waals surface area (Å²) in [6.07, 6.45) is 2.34. The number of hydrogen-bond donors (Lipinski definition) is 0. The maximum absolute atomic E-state index is 12.1. The number of amides is 1. The molecular formula is C15H22ClN3OS. The van der Waals surface area contributed by atoms with Gasteiger partial charge in [0.1, 0.15) is 0 Å². The number of rotatable bonds is 4. The molecule has 0 aliphatic carbocycles. The van der Waals surface area contributed by atoms with Gasteiger partial charge in [0.2, 0.25) is 5.91 Å². The van der Waals surface area contributed by atoms with E-state index in [1.165, 1.54) is 17.7 Å². The van der Waals surface area contributed by atoms with Crippen LogP contribution in [0, 0.1) is 0 Å². The lowest BCUT2D eigenvalue weighted by Crippen LogP contribution is -2.49. The maximum Gasteiger partial charge on any atom is 0.236 e. The number of nitrogens with zero attached hydrogens (tertiary/aromatic N) is 3. The lowest BCUT2D eigenvalue weighted by Gasteiger charge is -2.34. The van der Waals surface area contributed by atoms with Crippen molar-refractivity contribution in [3.05, 3.63) is 21.3 Å². The van der Waals surface area contributed by atoms with E-state index in [-0.39, 0.29) is 0 Å². The summed E-state index contributed by atoms with van der Waals surface area (Å²) in [5, 5.41) is 0. The fourth-order valence-corrected chi connectivity index (χ4v) is 4.15. The standard InChI is InChI=1S/C15H22ClN3OS/c16-14-4-3-13(21-14)11-17-7-9-18(10-8-17)12-15(20)19-5-1-2-6-19/h3-4H,1-2,5-12H2. The molecule has 1 aromatic rings. The second kappa shape index (κ2) is 7.09. The second-order valence-electron chi connectivity index (χ2n) is 5.85. The van der Waals surface area contributed by atoms with Crippen LogP contribution in [-0.2, 0) is 11.3 Å². The second-order valence-corrected chi connectivity index (χ2v) is 7.65. The van der Waals surface area contributed by atoms with Gasteiger partial charge in [-0.2, -0.15) is 0 Å². The van der Waals surface area contributed by atoms with E-state index in [2.05, 4.69) is 15.9 Å². The number of carbonyl (C=O) groups excluding carboxylic acids is 1. The van der Waals surface area contributed by atoms with Gasteiger partial charge >= 0.3 is 0 Å². The van der Waals surface area contributed by atoms with E-state index >= 15 is 0 Å². The predicted octanol–water partition coefficient (Wildman–Crippen LogP) is 2.14. The van der Waals surface area contributed by atoms with Gasteiger partial charge in [-0.1, -0.05) is 11.6 Å². The van der Waals surface area contributed by atoms with E-state index in [4.69, 9.17) is 11.6 Å². The van der Waals surface area contributed by atoms with E-state index in [1.807, 2.05) is 11.0 Å². The molecule has 0 saturated carbocycles. The molecule has 2 fully saturated rings. The minimum Gasteiger partial charge on any atom is -0.342 e. The summed E-state index contributed by atoms with van der Waals surface area (Å²) in [7, 11) is 0. The van der Waals surface area contributed by atoms with Gasteiger partial charge in [-0.05, 0) is 25.0 Å². The van der Waals surface area contributed by atoms with E-state index in [1.54, 1.807) is 11.3 Å². The molecule has 0 bridgehead atoms. The minimum absolute atomic E-state index is 0.311. The van der Waals surface area contributed by atoms with Gasteiger partial charge in [0.05, 0.1) is 10.9 Å². The molecule has 116 valence electrons. The fraction of sp³-hybridized carbons (Fsp3) is 0.667. The number of likely N-dealkylation sites (tertiary alicyclic amines) is 1. The molecule has 0 aromatic carbocycles. The molecule has 0 unspecified atom stereocenters. The van der Waals surface area contributed by atoms with Crippen LogP contribution in [0.2, 0.25) is 4.34 Å². The molecule has 3 heterocycles. The summed E-state index contributed by atoms with van der Waals surface area (Å²) in [6.45, 7) is 7.52. The Morgan fingerprint density at radius 3 is 2.33 bits per heavy atom. The van der Waals surface area contributed by atoms with Gasteiger partial charge in [-0.25, -0.2) is 0 Å². The van der Waals surface area contributed by atoms with Crippen LogP contribution in [-0.4, -0.2) is 66.4 Å². The average molecular weight is 328 g/mol. The van der Waals surface area contributed by atoms with Crippen molar-refractivity contribution in [1.29, 1.82) is 0 Å². The Morgan fingerprint density at radius 2 is 1.71 bits per heavy atom. The zero-order valence-electron chi connectivity index (χ0n) is 12.3. The van der Waals surface area contributed by atoms with Crippen molar-refractivity contribution < 1.29 is 4.79 Å². The van der Waals surface area contributed by atoms with E-state index in [9.17, 15) is 4.79 Å². The summed E-state index contributed by atoms with van der Waals surface area (Å²) in [5.41, 5.74) is 0. The largest absolute Gasteiger partial charge is 0.342 e. The van der Waals surface area contributed by atoms with Crippen molar-refractivity contribution in [3.8, 4) is 0 Å². The van der Waals surface area contributed by atoms with Crippen molar-refractivity contribution in [3.63, 3.8) is 0 Å². The molecule has 0 radical (unpaired) electrons. The lowest BCUT2D eigenvalue weighted by molar-refractivity contribution is -0.131. The Kier molecular flexibility index (Phi) is 5.16. The van der Waals surface area contributed by atoms with Gasteiger partial charge in [0, 0.05) is 50.7 Å². The number of hydrogen-bond acceptors (Lipinski definition) is 4. The molecule has 6 heteroatoms. The number of carbonyl (C=O) groups is 1. The Labute approximate surface area is 135 Å². The van der Waals surface area contributed by atoms with Crippen LogP contribution in [0.25, 0.3) is 0 Å². The average Bonchev–Trinajstić information content (AvgIpc) is 3.13. The molecule has 2 aliphatic rings. The summed E-state index contributed by atoms with van der Waals surface area (Å²) in [4.78, 5) is 20.2. The Bertz CT molecular complexity index is 479. The van der Waals surface area contributed by atoms with Crippen LogP contribution in [0.15, 0.2) is 12.1 Å². The molecule has 0 atom stereocenters. The first-order chi connectivity index (χ1) is 10.2. The van der Waals surface area contributed by atoms with Crippen molar-refractivity contribution >= 4 is 28.8 Å². The monoisotopic (exact) mass is 327 g/mol. The molecular weight excluding hydrogens is 306 g/mol. The summed E-state index contributed by atoms with van der Waals surface area (Å²) >= 11 is 7.63. The van der Waals surface area contributed by atoms with E-state index < -0.39 is 0 Å². The number of piperazine rings is 1. The topological polar surface area (TPSA) is 26.8 Å². The first-order valence-corrected chi connectivity index (χ1v) is 8.87. The van der Waals surface area contributed by atoms with Gasteiger partial charge in [-0.3, -0.25) is 14.6 Å². The highest BCUT2D eigenvalue weighted by atomic mass is 35.5. The Morgan fingerprint density at radius 1 is 1.05 bits per heavy atom. The highest BCUT2D eigenvalue weighted by Gasteiger charge is 2.23. The smallest absolute Gasteiger partial charge is 0.236 e. The first-order valence-electron chi connectivity index (χ1n) is 7.67. The van der Waals surface area contributed by atoms with Crippen molar-refractivity contribution in [2.24, 2.45) is 0 Å². The predicted molar refractivity (Wildman–Crippen MR) is 86.9 cm³/mol. The minimum atomic E-state index is 0.311. The third-order valence-corrected chi connectivity index (χ3v) is 5.51. The molecule has 1 amide bonds. The quantitative estimate of drug-likeness (QED) is 0.847. The lowest BCUT2D eigenvalue weighted by atomic mass is 10.3. The molecule has 4 nitrogen and oxygen atoms in total. The SMILES string of the molecule is O=C(CN1CCN(Cc2ccc(Cl)s2)CC1)N1CCCC1. The van der Waals surface area contributed by atoms with Crippen LogP contribution >= 0.6 is 22.9 Å². The van der Waals surface area contributed by atoms with Gasteiger partial charge in [-0.15, -0.1) is 11.3 Å². The normalized spacial score (nSPS) is 21.1. The Hall–Kier alpha value is -0.620. The molecule has 0 N–H and O–H groups in total. The third kappa shape index (κ3) is 4.19. The number of thiophene rings is 1. The highest BCUT2D eigenvalue weighted by molar-refractivity contribution is 7.16. The van der Waals surface area contributed by atoms with Crippen molar-refractivity contribution in [2.75, 3.05) is 45.8 Å². The first kappa shape index (κ1) is 15.3. The van der Waals surface area contributed by atoms with Crippen LogP contribution < -0.4 is 0 Å². The zero-order chi connectivity index (χ0) is 14.7. The molecule has 0 spiro atoms. The molecule has 2 aliphatic heterocycles. The van der Waals surface area contributed by atoms with Crippen LogP contribution in [0.4, 0.5) is 0 Å². The number of halogens is 1. The molecule has 1 aromatic heterocycles. The van der Waals surface area contributed by atoms with Crippen LogP contribution in [0.5, 0.6) is 0 Å². The van der Waals surface area contributed by atoms with Crippen LogP contribution in [0.3, 0.4) is 0 Å². The van der Waals surface area contributed by atoms with Crippen LogP contribution in [0.1, 0.15) is 17.7 Å². The van der Waals surface area contributed by atoms with Gasteiger partial charge < -0.3 is 4.90 Å². The molecule has 21 heavy (non-hydrogen) atoms. The fourth-order valence-electron chi connectivity index (χ4n) is 3.02. The summed E-state index contributed by atoms with van der Waals surface area (Å²) < 4.78 is 0.861. The van der Waals surface area contributed by atoms with Crippen molar-refractivity contribution in [2.45, 2.75) is 19.4 Å². The summed E-state index contributed by atoms with van der Waals surface area (Å²) in [5.74, 6) is 0.311. The third-order valence-electron chi connectivity index (χ3n) is 4.29. The summed E-state index contributed by atoms with van der Waals surface area (Å²) in [6, 6.07) is 4.07. The van der Waals surface area contributed by atoms with Gasteiger partial charge in [0.15, 0.2) is 0 Å². The Balaban J connectivity index is 1.41. The van der Waals surface area contributed by atoms with E-state index in [0.29, 0.717) is 12.5 Å². The molecule has 3 rings (SSSR count). The zero-order valence-corrected chi connectivity index (χ0v) is 13.8. The molecule has 2 saturated heterocycles. The van der Waals surface area contributed by atoms with Crippen molar-refractivity contribution in [1.82, 2.24) is 14.7 Å². The highest BCUT2D eigenvalue weighted by Crippen LogP contribution is 2.23. The van der Waals surface area contributed by atoms with Gasteiger partial charge in [0.25, 0.3) is 0 Å². The maximum atomic E-state index is 12.1.